The van der Waals surface area contributed by atoms with E-state index in [0.29, 0.717) is 73.3 Å². The second-order valence-electron chi connectivity index (χ2n) is 13.8. The number of halogens is 2. The zero-order valence-corrected chi connectivity index (χ0v) is 32.8. The average molecular weight is 806 g/mol. The van der Waals surface area contributed by atoms with Gasteiger partial charge in [-0.15, -0.1) is 0 Å². The molecule has 2 aromatic carbocycles. The van der Waals surface area contributed by atoms with Gasteiger partial charge in [-0.3, -0.25) is 19.0 Å². The maximum absolute atomic E-state index is 13.4. The molecule has 0 saturated carbocycles. The molecule has 1 fully saturated rings. The van der Waals surface area contributed by atoms with Crippen LogP contribution in [0.3, 0.4) is 0 Å². The number of ether oxygens (including phenoxy) is 1. The number of hydrogen-bond donors (Lipinski definition) is 4. The Bertz CT molecular complexity index is 2360. The van der Waals surface area contributed by atoms with Crippen LogP contribution in [0.5, 0.6) is 5.88 Å². The van der Waals surface area contributed by atoms with Gasteiger partial charge in [0.15, 0.2) is 0 Å². The number of aliphatic hydroxyl groups excluding tert-OH is 1. The van der Waals surface area contributed by atoms with Crippen molar-refractivity contribution in [3.05, 3.63) is 92.6 Å². The molecule has 15 nitrogen and oxygen atoms in total. The summed E-state index contributed by atoms with van der Waals surface area (Å²) in [6.45, 7) is 0.465. The second kappa shape index (κ2) is 17.1. The molecule has 56 heavy (non-hydrogen) atoms. The van der Waals surface area contributed by atoms with Gasteiger partial charge in [-0.2, -0.15) is 5.10 Å². The lowest BCUT2D eigenvalue weighted by Gasteiger charge is -2.23. The molecule has 5 aromatic rings. The minimum absolute atomic E-state index is 0.00771. The first-order valence-electron chi connectivity index (χ1n) is 17.8. The predicted octanol–water partition coefficient (Wildman–Crippen LogP) is 4.43. The molecular weight excluding hydrogens is 763 g/mol. The van der Waals surface area contributed by atoms with Gasteiger partial charge in [-0.05, 0) is 24.6 Å². The summed E-state index contributed by atoms with van der Waals surface area (Å²) in [7, 11) is 6.33. The molecule has 2 atom stereocenters. The van der Waals surface area contributed by atoms with E-state index in [2.05, 4.69) is 20.7 Å². The highest BCUT2D eigenvalue weighted by atomic mass is 35.5. The standard InChI is InChI=1S/C39H42Cl2N8O7/c1-46(2)34(52)16-25(50)17-42-18-32-45-49-20-23(15-31(49)38(53)47(32)3)26-7-5-8-27(35(26)40)28-9-6-10-29(36(28)41)30-13-11-22(37(44-30)56-4)19-48(39(54)55)21-24-12-14-33(51)43-24/h5-11,13,15,20,24-25,42,50H,12,14,16-19,21H2,1-4H3,(H,43,51)(H,54,55)/t24-,25-/m0/s1. The third kappa shape index (κ3) is 8.65. The molecule has 3 aromatic heterocycles. The van der Waals surface area contributed by atoms with Crippen molar-refractivity contribution in [2.75, 3.05) is 34.3 Å². The number of amides is 3. The number of pyridine rings is 1. The lowest BCUT2D eigenvalue weighted by molar-refractivity contribution is -0.130. The van der Waals surface area contributed by atoms with Crippen LogP contribution in [0.1, 0.15) is 30.7 Å². The van der Waals surface area contributed by atoms with Crippen LogP contribution in [0.15, 0.2) is 65.6 Å². The fourth-order valence-electron chi connectivity index (χ4n) is 6.60. The van der Waals surface area contributed by atoms with Crippen LogP contribution >= 0.6 is 23.2 Å². The molecule has 3 amide bonds. The highest BCUT2D eigenvalue weighted by molar-refractivity contribution is 6.39. The summed E-state index contributed by atoms with van der Waals surface area (Å²) in [5, 5.41) is 31.4. The number of hydrogen-bond acceptors (Lipinski definition) is 9. The fourth-order valence-corrected chi connectivity index (χ4v) is 7.26. The Hall–Kier alpha value is -5.48. The summed E-state index contributed by atoms with van der Waals surface area (Å²) in [6.07, 6.45) is 0.608. The topological polar surface area (TPSA) is 184 Å². The van der Waals surface area contributed by atoms with Crippen LogP contribution in [-0.4, -0.2) is 104 Å². The van der Waals surface area contributed by atoms with E-state index in [1.54, 1.807) is 45.5 Å². The van der Waals surface area contributed by atoms with Crippen LogP contribution in [0, 0.1) is 0 Å². The predicted molar refractivity (Wildman–Crippen MR) is 212 cm³/mol. The lowest BCUT2D eigenvalue weighted by atomic mass is 9.97. The van der Waals surface area contributed by atoms with Crippen LogP contribution in [-0.2, 0) is 29.7 Å². The van der Waals surface area contributed by atoms with Crippen LogP contribution in [0.2, 0.25) is 10.0 Å². The first-order chi connectivity index (χ1) is 26.7. The number of nitrogens with one attached hydrogen (secondary N) is 2. The van der Waals surface area contributed by atoms with Crippen molar-refractivity contribution in [1.82, 2.24) is 39.6 Å². The Labute approximate surface area is 332 Å². The van der Waals surface area contributed by atoms with Crippen LogP contribution in [0.4, 0.5) is 4.79 Å². The van der Waals surface area contributed by atoms with Crippen molar-refractivity contribution in [3.8, 4) is 39.4 Å². The van der Waals surface area contributed by atoms with Crippen molar-refractivity contribution >= 4 is 46.6 Å². The summed E-state index contributed by atoms with van der Waals surface area (Å²) in [4.78, 5) is 56.4. The Morgan fingerprint density at radius 1 is 1.05 bits per heavy atom. The summed E-state index contributed by atoms with van der Waals surface area (Å²) in [5.41, 5.74) is 4.29. The number of methoxy groups -OCH3 is 1. The molecule has 1 saturated heterocycles. The Balaban J connectivity index is 1.25. The smallest absolute Gasteiger partial charge is 0.407 e. The molecule has 0 aliphatic carbocycles. The molecule has 0 bridgehead atoms. The normalized spacial score (nSPS) is 14.5. The second-order valence-corrected chi connectivity index (χ2v) is 14.5. The number of fused-ring (bicyclic) bond motifs is 1. The largest absolute Gasteiger partial charge is 0.481 e. The van der Waals surface area contributed by atoms with Gasteiger partial charge >= 0.3 is 6.09 Å². The highest BCUT2D eigenvalue weighted by Gasteiger charge is 2.27. The average Bonchev–Trinajstić information content (AvgIpc) is 3.79. The van der Waals surface area contributed by atoms with Gasteiger partial charge in [0.1, 0.15) is 11.3 Å². The van der Waals surface area contributed by atoms with E-state index in [-0.39, 0.29) is 61.9 Å². The van der Waals surface area contributed by atoms with Gasteiger partial charge in [0.2, 0.25) is 17.7 Å². The fraction of sp³-hybridized carbons (Fsp3) is 0.333. The minimum Gasteiger partial charge on any atom is -0.481 e. The van der Waals surface area contributed by atoms with E-state index in [1.807, 2.05) is 36.4 Å². The quantitative estimate of drug-likeness (QED) is 0.125. The summed E-state index contributed by atoms with van der Waals surface area (Å²) in [5.74, 6) is 0.378. The number of nitrogens with zero attached hydrogens (tertiary/aromatic N) is 6. The molecule has 6 rings (SSSR count). The lowest BCUT2D eigenvalue weighted by Crippen LogP contribution is -2.41. The zero-order chi connectivity index (χ0) is 40.3. The SMILES string of the molecule is COc1nc(-c2cccc(-c3cccc(-c4cc5c(=O)n(C)c(CNC[C@@H](O)CC(=O)N(C)C)nn5c4)c3Cl)c2Cl)ccc1CN(C[C@@H]1CCC(=O)N1)C(=O)O. The van der Waals surface area contributed by atoms with Gasteiger partial charge in [0.05, 0.1) is 48.5 Å². The number of carbonyl (C=O) groups excluding carboxylic acids is 2. The van der Waals surface area contributed by atoms with Crippen molar-refractivity contribution in [1.29, 1.82) is 0 Å². The highest BCUT2D eigenvalue weighted by Crippen LogP contribution is 2.42. The van der Waals surface area contributed by atoms with Gasteiger partial charge in [0, 0.05) is 86.3 Å². The molecule has 294 valence electrons. The van der Waals surface area contributed by atoms with Gasteiger partial charge in [0.25, 0.3) is 5.56 Å². The maximum atomic E-state index is 13.4. The van der Waals surface area contributed by atoms with E-state index in [0.717, 1.165) is 0 Å². The maximum Gasteiger partial charge on any atom is 0.407 e. The summed E-state index contributed by atoms with van der Waals surface area (Å²) in [6, 6.07) is 16.0. The minimum atomic E-state index is -1.12. The summed E-state index contributed by atoms with van der Waals surface area (Å²) >= 11 is 14.2. The van der Waals surface area contributed by atoms with Crippen molar-refractivity contribution in [2.45, 2.75) is 44.5 Å². The Kier molecular flexibility index (Phi) is 12.3. The Morgan fingerprint density at radius 2 is 1.73 bits per heavy atom. The Morgan fingerprint density at radius 3 is 2.38 bits per heavy atom. The monoisotopic (exact) mass is 804 g/mol. The zero-order valence-electron chi connectivity index (χ0n) is 31.3. The van der Waals surface area contributed by atoms with E-state index in [4.69, 9.17) is 27.9 Å². The molecule has 17 heteroatoms. The molecule has 1 aliphatic rings. The molecule has 1 aliphatic heterocycles. The molecule has 0 radical (unpaired) electrons. The first kappa shape index (κ1) is 40.2. The van der Waals surface area contributed by atoms with E-state index < -0.39 is 12.2 Å². The van der Waals surface area contributed by atoms with Gasteiger partial charge in [-0.1, -0.05) is 59.6 Å². The van der Waals surface area contributed by atoms with E-state index in [1.165, 1.54) is 26.0 Å². The van der Waals surface area contributed by atoms with E-state index >= 15 is 0 Å². The van der Waals surface area contributed by atoms with Gasteiger partial charge < -0.3 is 35.4 Å². The van der Waals surface area contributed by atoms with Crippen molar-refractivity contribution < 1.29 is 29.3 Å². The summed E-state index contributed by atoms with van der Waals surface area (Å²) < 4.78 is 8.52. The number of carbonyl (C=O) groups is 3. The number of benzene rings is 2. The van der Waals surface area contributed by atoms with Gasteiger partial charge in [-0.25, -0.2) is 14.3 Å². The van der Waals surface area contributed by atoms with E-state index in [9.17, 15) is 29.4 Å². The number of aliphatic hydroxyl groups is 1. The van der Waals surface area contributed by atoms with Crippen molar-refractivity contribution in [2.24, 2.45) is 7.05 Å². The molecule has 0 spiro atoms. The molecular formula is C39H42Cl2N8O7. The number of rotatable bonds is 14. The number of aromatic nitrogens is 4. The van der Waals surface area contributed by atoms with Crippen LogP contribution in [0.25, 0.3) is 39.0 Å². The third-order valence-electron chi connectivity index (χ3n) is 9.67. The molecule has 4 N–H and O–H groups in total. The molecule has 0 unspecified atom stereocenters. The van der Waals surface area contributed by atoms with Crippen LogP contribution < -0.4 is 20.9 Å². The number of carboxylic acid groups (broad SMARTS) is 1. The van der Waals surface area contributed by atoms with Crippen molar-refractivity contribution in [3.63, 3.8) is 0 Å². The third-order valence-corrected chi connectivity index (χ3v) is 10.5. The first-order valence-corrected chi connectivity index (χ1v) is 18.6. The molecule has 4 heterocycles.